The number of hydrogen-bond acceptors (Lipinski definition) is 7. The molecule has 3 aromatic rings. The standard InChI is InChI=1S/C26H24O7/c1-29-20-14-10-18(24(16-20)32-4)11-15-21(27)17-8-12-19(13-9-17)33-26(28)25-22(30-2)6-5-7-23(25)31-3/h5-16H,1-4H3. The minimum atomic E-state index is -0.630. The molecule has 0 amide bonds. The van der Waals surface area contributed by atoms with E-state index in [1.54, 1.807) is 81.0 Å². The molecule has 0 aliphatic carbocycles. The first-order valence-corrected chi connectivity index (χ1v) is 9.98. The van der Waals surface area contributed by atoms with Crippen LogP contribution in [0.15, 0.2) is 66.7 Å². The Morgan fingerprint density at radius 1 is 0.697 bits per heavy atom. The highest BCUT2D eigenvalue weighted by molar-refractivity contribution is 6.07. The van der Waals surface area contributed by atoms with Crippen LogP contribution in [0.2, 0.25) is 0 Å². The van der Waals surface area contributed by atoms with Gasteiger partial charge in [0.2, 0.25) is 0 Å². The van der Waals surface area contributed by atoms with Crippen molar-refractivity contribution >= 4 is 17.8 Å². The van der Waals surface area contributed by atoms with Crippen LogP contribution in [0.4, 0.5) is 0 Å². The molecule has 0 atom stereocenters. The van der Waals surface area contributed by atoms with Crippen molar-refractivity contribution in [3.05, 3.63) is 83.4 Å². The molecule has 0 aliphatic rings. The number of rotatable bonds is 9. The smallest absolute Gasteiger partial charge is 0.351 e. The van der Waals surface area contributed by atoms with Crippen molar-refractivity contribution in [2.75, 3.05) is 28.4 Å². The molecule has 0 bridgehead atoms. The van der Waals surface area contributed by atoms with Gasteiger partial charge in [0.05, 0.1) is 28.4 Å². The Hall–Kier alpha value is -4.26. The maximum absolute atomic E-state index is 12.7. The van der Waals surface area contributed by atoms with E-state index in [4.69, 9.17) is 23.7 Å². The van der Waals surface area contributed by atoms with E-state index in [0.29, 0.717) is 28.6 Å². The second-order valence-corrected chi connectivity index (χ2v) is 6.76. The topological polar surface area (TPSA) is 80.3 Å². The highest BCUT2D eigenvalue weighted by Crippen LogP contribution is 2.30. The molecular formula is C26H24O7. The quantitative estimate of drug-likeness (QED) is 0.201. The van der Waals surface area contributed by atoms with Gasteiger partial charge in [-0.05, 0) is 60.7 Å². The molecular weight excluding hydrogens is 424 g/mol. The summed E-state index contributed by atoms with van der Waals surface area (Å²) in [5.41, 5.74) is 1.36. The van der Waals surface area contributed by atoms with E-state index in [1.165, 1.54) is 20.3 Å². The summed E-state index contributed by atoms with van der Waals surface area (Å²) >= 11 is 0. The Balaban J connectivity index is 1.73. The molecule has 3 rings (SSSR count). The molecule has 7 heteroatoms. The van der Waals surface area contributed by atoms with Crippen molar-refractivity contribution in [3.8, 4) is 28.7 Å². The van der Waals surface area contributed by atoms with Gasteiger partial charge in [0.25, 0.3) is 0 Å². The number of ether oxygens (including phenoxy) is 5. The fourth-order valence-electron chi connectivity index (χ4n) is 3.12. The predicted octanol–water partition coefficient (Wildman–Crippen LogP) is 4.84. The lowest BCUT2D eigenvalue weighted by molar-refractivity contribution is 0.0727. The number of carbonyl (C=O) groups excluding carboxylic acids is 2. The van der Waals surface area contributed by atoms with Gasteiger partial charge in [-0.25, -0.2) is 4.79 Å². The fraction of sp³-hybridized carbons (Fsp3) is 0.154. The maximum atomic E-state index is 12.7. The summed E-state index contributed by atoms with van der Waals surface area (Å²) in [4.78, 5) is 25.2. The van der Waals surface area contributed by atoms with Crippen LogP contribution in [0.5, 0.6) is 28.7 Å². The van der Waals surface area contributed by atoms with Gasteiger partial charge in [0, 0.05) is 17.2 Å². The highest BCUT2D eigenvalue weighted by atomic mass is 16.5. The minimum absolute atomic E-state index is 0.180. The molecule has 0 aromatic heterocycles. The van der Waals surface area contributed by atoms with Gasteiger partial charge in [0.15, 0.2) is 5.78 Å². The zero-order chi connectivity index (χ0) is 23.8. The van der Waals surface area contributed by atoms with E-state index < -0.39 is 5.97 Å². The normalized spacial score (nSPS) is 10.5. The Labute approximate surface area is 192 Å². The van der Waals surface area contributed by atoms with E-state index in [0.717, 1.165) is 5.56 Å². The summed E-state index contributed by atoms with van der Waals surface area (Å²) < 4.78 is 26.4. The largest absolute Gasteiger partial charge is 0.497 e. The average molecular weight is 448 g/mol. The number of ketones is 1. The van der Waals surface area contributed by atoms with Crippen LogP contribution in [0.1, 0.15) is 26.3 Å². The molecule has 0 heterocycles. The van der Waals surface area contributed by atoms with Crippen LogP contribution in [-0.4, -0.2) is 40.2 Å². The Morgan fingerprint density at radius 2 is 1.30 bits per heavy atom. The van der Waals surface area contributed by atoms with Gasteiger partial charge < -0.3 is 23.7 Å². The molecule has 0 radical (unpaired) electrons. The van der Waals surface area contributed by atoms with Gasteiger partial charge in [-0.15, -0.1) is 0 Å². The van der Waals surface area contributed by atoms with Crippen molar-refractivity contribution in [2.45, 2.75) is 0 Å². The number of methoxy groups -OCH3 is 4. The van der Waals surface area contributed by atoms with Crippen molar-refractivity contribution in [1.82, 2.24) is 0 Å². The molecule has 3 aromatic carbocycles. The maximum Gasteiger partial charge on any atom is 0.351 e. The first kappa shape index (κ1) is 23.4. The summed E-state index contributed by atoms with van der Waals surface area (Å²) in [6.07, 6.45) is 3.12. The summed E-state index contributed by atoms with van der Waals surface area (Å²) in [5.74, 6) is 1.37. The second kappa shape index (κ2) is 10.9. The van der Waals surface area contributed by atoms with E-state index >= 15 is 0 Å². The minimum Gasteiger partial charge on any atom is -0.497 e. The molecule has 0 spiro atoms. The fourth-order valence-corrected chi connectivity index (χ4v) is 3.12. The molecule has 0 unspecified atom stereocenters. The van der Waals surface area contributed by atoms with Gasteiger partial charge >= 0.3 is 5.97 Å². The van der Waals surface area contributed by atoms with Crippen LogP contribution in [-0.2, 0) is 0 Å². The van der Waals surface area contributed by atoms with E-state index in [9.17, 15) is 9.59 Å². The zero-order valence-electron chi connectivity index (χ0n) is 18.8. The number of benzene rings is 3. The van der Waals surface area contributed by atoms with Gasteiger partial charge in [-0.3, -0.25) is 4.79 Å². The predicted molar refractivity (Wildman–Crippen MR) is 124 cm³/mol. The lowest BCUT2D eigenvalue weighted by Gasteiger charge is -2.12. The first-order valence-electron chi connectivity index (χ1n) is 9.98. The molecule has 7 nitrogen and oxygen atoms in total. The van der Waals surface area contributed by atoms with Crippen LogP contribution in [0.3, 0.4) is 0 Å². The van der Waals surface area contributed by atoms with E-state index in [1.807, 2.05) is 0 Å². The molecule has 0 saturated carbocycles. The van der Waals surface area contributed by atoms with Crippen molar-refractivity contribution < 1.29 is 33.3 Å². The third kappa shape index (κ3) is 5.51. The lowest BCUT2D eigenvalue weighted by Crippen LogP contribution is -2.12. The Morgan fingerprint density at radius 3 is 1.88 bits per heavy atom. The van der Waals surface area contributed by atoms with Gasteiger partial charge in [-0.1, -0.05) is 6.07 Å². The van der Waals surface area contributed by atoms with Crippen molar-refractivity contribution in [1.29, 1.82) is 0 Å². The monoisotopic (exact) mass is 448 g/mol. The molecule has 0 N–H and O–H groups in total. The number of carbonyl (C=O) groups is 2. The summed E-state index contributed by atoms with van der Waals surface area (Å²) in [7, 11) is 6.04. The molecule has 0 aliphatic heterocycles. The van der Waals surface area contributed by atoms with Gasteiger partial charge in [-0.2, -0.15) is 0 Å². The van der Waals surface area contributed by atoms with Crippen molar-refractivity contribution in [3.63, 3.8) is 0 Å². The van der Waals surface area contributed by atoms with E-state index in [2.05, 4.69) is 0 Å². The Kier molecular flexibility index (Phi) is 7.70. The first-order chi connectivity index (χ1) is 16.0. The molecule has 33 heavy (non-hydrogen) atoms. The van der Waals surface area contributed by atoms with Crippen LogP contribution in [0, 0.1) is 0 Å². The third-order valence-corrected chi connectivity index (χ3v) is 4.84. The second-order valence-electron chi connectivity index (χ2n) is 6.76. The van der Waals surface area contributed by atoms with Gasteiger partial charge in [0.1, 0.15) is 34.3 Å². The molecule has 0 saturated heterocycles. The SMILES string of the molecule is COc1ccc(C=CC(=O)c2ccc(OC(=O)c3c(OC)cccc3OC)cc2)c(OC)c1. The van der Waals surface area contributed by atoms with Crippen LogP contribution >= 0.6 is 0 Å². The Bertz CT molecular complexity index is 1140. The number of esters is 1. The summed E-state index contributed by atoms with van der Waals surface area (Å²) in [6, 6.07) is 16.6. The summed E-state index contributed by atoms with van der Waals surface area (Å²) in [6.45, 7) is 0. The highest BCUT2D eigenvalue weighted by Gasteiger charge is 2.20. The van der Waals surface area contributed by atoms with Crippen LogP contribution < -0.4 is 23.7 Å². The lowest BCUT2D eigenvalue weighted by atomic mass is 10.1. The van der Waals surface area contributed by atoms with E-state index in [-0.39, 0.29) is 17.1 Å². The number of allylic oxidation sites excluding steroid dienone is 1. The van der Waals surface area contributed by atoms with Crippen LogP contribution in [0.25, 0.3) is 6.08 Å². The summed E-state index contributed by atoms with van der Waals surface area (Å²) in [5, 5.41) is 0. The molecule has 170 valence electrons. The average Bonchev–Trinajstić information content (AvgIpc) is 2.86. The van der Waals surface area contributed by atoms with Crippen molar-refractivity contribution in [2.24, 2.45) is 0 Å². The molecule has 0 fully saturated rings. The third-order valence-electron chi connectivity index (χ3n) is 4.84. The zero-order valence-corrected chi connectivity index (χ0v) is 18.8. The number of hydrogen-bond donors (Lipinski definition) is 0.